The van der Waals surface area contributed by atoms with Gasteiger partial charge in [-0.3, -0.25) is 4.79 Å². The van der Waals surface area contributed by atoms with E-state index in [-0.39, 0.29) is 23.6 Å². The third kappa shape index (κ3) is 5.52. The van der Waals surface area contributed by atoms with Crippen molar-refractivity contribution in [2.75, 3.05) is 18.8 Å². The summed E-state index contributed by atoms with van der Waals surface area (Å²) in [5.41, 5.74) is 5.17. The summed E-state index contributed by atoms with van der Waals surface area (Å²) >= 11 is 0. The van der Waals surface area contributed by atoms with Crippen LogP contribution in [0, 0.1) is 5.92 Å². The van der Waals surface area contributed by atoms with Crippen molar-refractivity contribution in [1.29, 1.82) is 0 Å². The molecular weight excluding hydrogens is 302 g/mol. The minimum atomic E-state index is -3.18. The number of amides is 1. The van der Waals surface area contributed by atoms with Crippen LogP contribution >= 0.6 is 0 Å². The molecule has 0 spiro atoms. The highest BCUT2D eigenvalue weighted by Gasteiger charge is 2.32. The van der Waals surface area contributed by atoms with Crippen molar-refractivity contribution < 1.29 is 13.2 Å². The number of sulfonamides is 1. The number of piperidine rings is 1. The van der Waals surface area contributed by atoms with Gasteiger partial charge in [-0.1, -0.05) is 27.2 Å². The first-order valence-electron chi connectivity index (χ1n) is 8.16. The van der Waals surface area contributed by atoms with Gasteiger partial charge in [0.15, 0.2) is 0 Å². The summed E-state index contributed by atoms with van der Waals surface area (Å²) in [6.45, 7) is 8.48. The zero-order valence-electron chi connectivity index (χ0n) is 14.3. The maximum absolute atomic E-state index is 12.2. The molecule has 0 saturated carbocycles. The fraction of sp³-hybridized carbons (Fsp3) is 0.933. The fourth-order valence-electron chi connectivity index (χ4n) is 2.79. The van der Waals surface area contributed by atoms with Crippen LogP contribution in [0.3, 0.4) is 0 Å². The molecule has 1 heterocycles. The second kappa shape index (κ2) is 7.75. The van der Waals surface area contributed by atoms with Crippen molar-refractivity contribution in [2.24, 2.45) is 11.7 Å². The van der Waals surface area contributed by atoms with Crippen molar-refractivity contribution in [1.82, 2.24) is 9.62 Å². The lowest BCUT2D eigenvalue weighted by Crippen LogP contribution is -2.56. The number of nitrogens with two attached hydrogens (primary N) is 1. The van der Waals surface area contributed by atoms with Gasteiger partial charge in [-0.25, -0.2) is 12.7 Å². The van der Waals surface area contributed by atoms with E-state index in [9.17, 15) is 13.2 Å². The lowest BCUT2D eigenvalue weighted by Gasteiger charge is -2.34. The molecule has 1 rings (SSSR count). The van der Waals surface area contributed by atoms with Gasteiger partial charge >= 0.3 is 0 Å². The average Bonchev–Trinajstić information content (AvgIpc) is 2.37. The molecular formula is C15H31N3O3S. The zero-order valence-corrected chi connectivity index (χ0v) is 15.1. The van der Waals surface area contributed by atoms with Crippen LogP contribution in [0.15, 0.2) is 0 Å². The Morgan fingerprint density at radius 2 is 1.91 bits per heavy atom. The Kier molecular flexibility index (Phi) is 6.83. The molecule has 6 nitrogen and oxygen atoms in total. The van der Waals surface area contributed by atoms with Crippen LogP contribution in [0.2, 0.25) is 0 Å². The third-order valence-corrected chi connectivity index (χ3v) is 6.25. The predicted octanol–water partition coefficient (Wildman–Crippen LogP) is 1.07. The molecule has 0 radical (unpaired) electrons. The number of carbonyl (C=O) groups excluding carboxylic acids is 1. The number of hydrogen-bond acceptors (Lipinski definition) is 4. The lowest BCUT2D eigenvalue weighted by molar-refractivity contribution is -0.127. The fourth-order valence-corrected chi connectivity index (χ4v) is 4.61. The van der Waals surface area contributed by atoms with Crippen LogP contribution in [0.5, 0.6) is 0 Å². The van der Waals surface area contributed by atoms with E-state index in [2.05, 4.69) is 5.32 Å². The maximum atomic E-state index is 12.2. The average molecular weight is 333 g/mol. The van der Waals surface area contributed by atoms with Crippen molar-refractivity contribution in [3.05, 3.63) is 0 Å². The summed E-state index contributed by atoms with van der Waals surface area (Å²) < 4.78 is 25.9. The van der Waals surface area contributed by atoms with Crippen LogP contribution in [-0.2, 0) is 14.8 Å². The predicted molar refractivity (Wildman–Crippen MR) is 88.9 cm³/mol. The Labute approximate surface area is 134 Å². The van der Waals surface area contributed by atoms with Gasteiger partial charge in [0.2, 0.25) is 15.9 Å². The highest BCUT2D eigenvalue weighted by atomic mass is 32.2. The van der Waals surface area contributed by atoms with Crippen LogP contribution in [0.1, 0.15) is 53.4 Å². The summed E-state index contributed by atoms with van der Waals surface area (Å²) in [7, 11) is -3.18. The smallest absolute Gasteiger partial charge is 0.240 e. The van der Waals surface area contributed by atoms with Crippen LogP contribution < -0.4 is 11.1 Å². The van der Waals surface area contributed by atoms with Gasteiger partial charge in [0.1, 0.15) is 0 Å². The Morgan fingerprint density at radius 1 is 1.36 bits per heavy atom. The van der Waals surface area contributed by atoms with E-state index in [1.54, 1.807) is 11.2 Å². The second-order valence-electron chi connectivity index (χ2n) is 6.99. The SMILES string of the molecule is CCCC(C)(N)C(=O)NC1CCN(S(=O)(=O)CC(C)C)CC1. The van der Waals surface area contributed by atoms with Gasteiger partial charge in [0, 0.05) is 19.1 Å². The van der Waals surface area contributed by atoms with Gasteiger partial charge in [0.05, 0.1) is 11.3 Å². The van der Waals surface area contributed by atoms with E-state index in [4.69, 9.17) is 5.73 Å². The zero-order chi connectivity index (χ0) is 17.0. The molecule has 1 saturated heterocycles. The molecule has 1 aliphatic rings. The Balaban J connectivity index is 2.51. The number of carbonyl (C=O) groups is 1. The highest BCUT2D eigenvalue weighted by molar-refractivity contribution is 7.89. The summed E-state index contributed by atoms with van der Waals surface area (Å²) in [4.78, 5) is 12.2. The van der Waals surface area contributed by atoms with Crippen LogP contribution in [-0.4, -0.2) is 49.1 Å². The molecule has 22 heavy (non-hydrogen) atoms. The third-order valence-electron chi connectivity index (χ3n) is 4.01. The summed E-state index contributed by atoms with van der Waals surface area (Å²) in [6.07, 6.45) is 2.78. The number of hydrogen-bond donors (Lipinski definition) is 2. The molecule has 130 valence electrons. The first-order valence-corrected chi connectivity index (χ1v) is 9.77. The number of nitrogens with one attached hydrogen (secondary N) is 1. The normalized spacial score (nSPS) is 20.8. The first kappa shape index (κ1) is 19.4. The van der Waals surface area contributed by atoms with E-state index in [1.165, 1.54) is 0 Å². The van der Waals surface area contributed by atoms with Crippen molar-refractivity contribution in [2.45, 2.75) is 65.0 Å². The minimum absolute atomic E-state index is 0.0118. The quantitative estimate of drug-likeness (QED) is 0.729. The monoisotopic (exact) mass is 333 g/mol. The van der Waals surface area contributed by atoms with Gasteiger partial charge in [-0.2, -0.15) is 0 Å². The molecule has 0 aromatic rings. The highest BCUT2D eigenvalue weighted by Crippen LogP contribution is 2.17. The largest absolute Gasteiger partial charge is 0.352 e. The van der Waals surface area contributed by atoms with E-state index < -0.39 is 15.6 Å². The van der Waals surface area contributed by atoms with Gasteiger partial charge < -0.3 is 11.1 Å². The summed E-state index contributed by atoms with van der Waals surface area (Å²) in [6, 6.07) is 0.0118. The molecule has 1 unspecified atom stereocenters. The number of rotatable bonds is 7. The lowest BCUT2D eigenvalue weighted by atomic mass is 9.95. The molecule has 0 aromatic heterocycles. The van der Waals surface area contributed by atoms with Gasteiger partial charge in [-0.05, 0) is 32.1 Å². The molecule has 1 atom stereocenters. The number of nitrogens with zero attached hydrogens (tertiary/aromatic N) is 1. The molecule has 7 heteroatoms. The first-order chi connectivity index (χ1) is 10.1. The van der Waals surface area contributed by atoms with Crippen LogP contribution in [0.25, 0.3) is 0 Å². The molecule has 0 aliphatic carbocycles. The molecule has 1 fully saturated rings. The Morgan fingerprint density at radius 3 is 2.36 bits per heavy atom. The van der Waals surface area contributed by atoms with E-state index in [0.29, 0.717) is 32.4 Å². The topological polar surface area (TPSA) is 92.5 Å². The molecule has 1 aliphatic heterocycles. The molecule has 0 aromatic carbocycles. The standard InChI is InChI=1S/C15H31N3O3S/c1-5-8-15(4,16)14(19)17-13-6-9-18(10-7-13)22(20,21)11-12(2)3/h12-13H,5-11,16H2,1-4H3,(H,17,19). The molecule has 1 amide bonds. The Hall–Kier alpha value is -0.660. The van der Waals surface area contributed by atoms with Crippen molar-refractivity contribution >= 4 is 15.9 Å². The second-order valence-corrected chi connectivity index (χ2v) is 9.00. The summed E-state index contributed by atoms with van der Waals surface area (Å²) in [5.74, 6) is 0.161. The van der Waals surface area contributed by atoms with Crippen molar-refractivity contribution in [3.8, 4) is 0 Å². The van der Waals surface area contributed by atoms with Crippen LogP contribution in [0.4, 0.5) is 0 Å². The molecule has 3 N–H and O–H groups in total. The van der Waals surface area contributed by atoms with E-state index in [1.807, 2.05) is 20.8 Å². The summed E-state index contributed by atoms with van der Waals surface area (Å²) in [5, 5.41) is 2.97. The van der Waals surface area contributed by atoms with Crippen molar-refractivity contribution in [3.63, 3.8) is 0 Å². The van der Waals surface area contributed by atoms with Gasteiger partial charge in [-0.15, -0.1) is 0 Å². The van der Waals surface area contributed by atoms with E-state index in [0.717, 1.165) is 6.42 Å². The van der Waals surface area contributed by atoms with E-state index >= 15 is 0 Å². The Bertz CT molecular complexity index is 466. The molecule has 0 bridgehead atoms. The van der Waals surface area contributed by atoms with Gasteiger partial charge in [0.25, 0.3) is 0 Å². The maximum Gasteiger partial charge on any atom is 0.240 e. The minimum Gasteiger partial charge on any atom is -0.352 e.